The molecule has 0 radical (unpaired) electrons. The fourth-order valence-corrected chi connectivity index (χ4v) is 2.65. The standard InChI is InChI=1S/C20H25.Li/c1-19(2,3)18-14-10-9-11-16(18)15-20(4,5)17-12-7-6-8-13-17;/h6-15H,1-5H3;/q-1;+1. The molecule has 106 valence electrons. The number of hydrogen-bond acceptors (Lipinski definition) is 0. The van der Waals surface area contributed by atoms with E-state index < -0.39 is 0 Å². The molecule has 0 saturated carbocycles. The molecule has 2 aromatic rings. The van der Waals surface area contributed by atoms with E-state index >= 15 is 0 Å². The first-order valence-electron chi connectivity index (χ1n) is 7.32. The van der Waals surface area contributed by atoms with Gasteiger partial charge in [0.25, 0.3) is 0 Å². The Kier molecular flexibility index (Phi) is 5.80. The summed E-state index contributed by atoms with van der Waals surface area (Å²) in [5, 5.41) is 0. The minimum atomic E-state index is 0. The first-order valence-corrected chi connectivity index (χ1v) is 7.32. The summed E-state index contributed by atoms with van der Waals surface area (Å²) in [5.41, 5.74) is 4.30. The minimum absolute atomic E-state index is 0. The molecule has 0 aromatic heterocycles. The summed E-state index contributed by atoms with van der Waals surface area (Å²) in [7, 11) is 0. The fourth-order valence-electron chi connectivity index (χ4n) is 2.65. The van der Waals surface area contributed by atoms with Gasteiger partial charge >= 0.3 is 18.9 Å². The third-order valence-corrected chi connectivity index (χ3v) is 3.80. The van der Waals surface area contributed by atoms with Gasteiger partial charge in [0, 0.05) is 0 Å². The molecule has 2 aromatic carbocycles. The van der Waals surface area contributed by atoms with Crippen molar-refractivity contribution in [1.29, 1.82) is 0 Å². The molecule has 21 heavy (non-hydrogen) atoms. The molecule has 0 nitrogen and oxygen atoms in total. The van der Waals surface area contributed by atoms with Gasteiger partial charge < -0.3 is 0 Å². The Balaban J connectivity index is 0.00000220. The van der Waals surface area contributed by atoms with Crippen LogP contribution in [0.25, 0.3) is 0 Å². The molecule has 0 atom stereocenters. The smallest absolute Gasteiger partial charge is 0.187 e. The van der Waals surface area contributed by atoms with Crippen molar-refractivity contribution in [1.82, 2.24) is 0 Å². The first-order chi connectivity index (χ1) is 9.31. The molecular weight excluding hydrogens is 247 g/mol. The van der Waals surface area contributed by atoms with Crippen molar-refractivity contribution >= 4 is 0 Å². The molecule has 0 aliphatic carbocycles. The van der Waals surface area contributed by atoms with Gasteiger partial charge in [-0.15, -0.1) is 17.7 Å². The molecule has 0 N–H and O–H groups in total. The Bertz CT molecular complexity index is 562. The molecule has 0 bridgehead atoms. The van der Waals surface area contributed by atoms with Crippen LogP contribution < -0.4 is 18.9 Å². The SMILES string of the molecule is CC(C)(C)c1ccccc1[CH-]C(C)(C)c1ccccc1.[Li+]. The fraction of sp³-hybridized carbons (Fsp3) is 0.350. The molecule has 0 aliphatic rings. The molecule has 2 rings (SSSR count). The van der Waals surface area contributed by atoms with Gasteiger partial charge in [0.2, 0.25) is 0 Å². The zero-order chi connectivity index (χ0) is 14.8. The average Bonchev–Trinajstić information content (AvgIpc) is 2.39. The molecule has 0 spiro atoms. The van der Waals surface area contributed by atoms with Crippen LogP contribution in [0.4, 0.5) is 0 Å². The molecule has 0 amide bonds. The summed E-state index contributed by atoms with van der Waals surface area (Å²) in [4.78, 5) is 0. The van der Waals surface area contributed by atoms with Crippen molar-refractivity contribution < 1.29 is 18.9 Å². The second kappa shape index (κ2) is 6.78. The van der Waals surface area contributed by atoms with E-state index in [9.17, 15) is 0 Å². The van der Waals surface area contributed by atoms with E-state index in [0.717, 1.165) is 0 Å². The Hall–Kier alpha value is -1.09. The first kappa shape index (κ1) is 18.0. The van der Waals surface area contributed by atoms with Gasteiger partial charge in [-0.3, -0.25) is 0 Å². The number of rotatable bonds is 3. The molecule has 1 heteroatoms. The third kappa shape index (κ3) is 4.44. The minimum Gasteiger partial charge on any atom is -0.187 e. The molecule has 0 unspecified atom stereocenters. The second-order valence-corrected chi connectivity index (χ2v) is 7.07. The zero-order valence-corrected chi connectivity index (χ0v) is 14.3. The van der Waals surface area contributed by atoms with E-state index in [1.165, 1.54) is 16.7 Å². The zero-order valence-electron chi connectivity index (χ0n) is 14.3. The molecule has 0 saturated heterocycles. The predicted octanol–water partition coefficient (Wildman–Crippen LogP) is 2.52. The van der Waals surface area contributed by atoms with Crippen LogP contribution in [0.2, 0.25) is 0 Å². The van der Waals surface area contributed by atoms with Crippen molar-refractivity contribution in [3.05, 3.63) is 77.7 Å². The van der Waals surface area contributed by atoms with Crippen LogP contribution in [0.1, 0.15) is 51.3 Å². The van der Waals surface area contributed by atoms with Gasteiger partial charge in [0.15, 0.2) is 0 Å². The Labute approximate surface area is 142 Å². The van der Waals surface area contributed by atoms with Gasteiger partial charge in [-0.2, -0.15) is 18.1 Å². The maximum Gasteiger partial charge on any atom is 1.00 e. The maximum atomic E-state index is 2.39. The summed E-state index contributed by atoms with van der Waals surface area (Å²) in [6, 6.07) is 19.4. The Morgan fingerprint density at radius 2 is 1.24 bits per heavy atom. The van der Waals surface area contributed by atoms with Crippen molar-refractivity contribution in [2.45, 2.75) is 45.4 Å². The summed E-state index contributed by atoms with van der Waals surface area (Å²) in [5.74, 6) is 0. The second-order valence-electron chi connectivity index (χ2n) is 7.07. The van der Waals surface area contributed by atoms with Crippen molar-refractivity contribution in [2.75, 3.05) is 0 Å². The van der Waals surface area contributed by atoms with E-state index in [-0.39, 0.29) is 29.7 Å². The van der Waals surface area contributed by atoms with Crippen LogP contribution in [0, 0.1) is 6.42 Å². The largest absolute Gasteiger partial charge is 1.00 e. The van der Waals surface area contributed by atoms with Crippen molar-refractivity contribution in [3.63, 3.8) is 0 Å². The summed E-state index contributed by atoms with van der Waals surface area (Å²) in [6.45, 7) is 11.4. The van der Waals surface area contributed by atoms with Gasteiger partial charge in [-0.25, -0.2) is 0 Å². The van der Waals surface area contributed by atoms with Crippen LogP contribution in [0.3, 0.4) is 0 Å². The van der Waals surface area contributed by atoms with Crippen molar-refractivity contribution in [2.24, 2.45) is 0 Å². The van der Waals surface area contributed by atoms with Gasteiger partial charge in [0.1, 0.15) is 0 Å². The van der Waals surface area contributed by atoms with Crippen LogP contribution >= 0.6 is 0 Å². The summed E-state index contributed by atoms with van der Waals surface area (Å²) >= 11 is 0. The topological polar surface area (TPSA) is 0 Å². The van der Waals surface area contributed by atoms with Crippen LogP contribution in [-0.4, -0.2) is 0 Å². The maximum absolute atomic E-state index is 2.39. The number of hydrogen-bond donors (Lipinski definition) is 0. The number of benzene rings is 2. The molecule has 0 fully saturated rings. The van der Waals surface area contributed by atoms with E-state index in [1.807, 2.05) is 0 Å². The van der Waals surface area contributed by atoms with Gasteiger partial charge in [0.05, 0.1) is 0 Å². The van der Waals surface area contributed by atoms with Crippen molar-refractivity contribution in [3.8, 4) is 0 Å². The van der Waals surface area contributed by atoms with Crippen LogP contribution in [-0.2, 0) is 10.8 Å². The van der Waals surface area contributed by atoms with Crippen LogP contribution in [0.5, 0.6) is 0 Å². The quantitative estimate of drug-likeness (QED) is 0.595. The van der Waals surface area contributed by atoms with Crippen LogP contribution in [0.15, 0.2) is 54.6 Å². The predicted molar refractivity (Wildman–Crippen MR) is 88.0 cm³/mol. The Morgan fingerprint density at radius 3 is 1.81 bits per heavy atom. The monoisotopic (exact) mass is 272 g/mol. The third-order valence-electron chi connectivity index (χ3n) is 3.80. The van der Waals surface area contributed by atoms with E-state index in [1.54, 1.807) is 0 Å². The molecule has 0 aliphatic heterocycles. The summed E-state index contributed by atoms with van der Waals surface area (Å²) in [6.07, 6.45) is 2.39. The Morgan fingerprint density at radius 1 is 0.714 bits per heavy atom. The van der Waals surface area contributed by atoms with E-state index in [0.29, 0.717) is 0 Å². The van der Waals surface area contributed by atoms with E-state index in [4.69, 9.17) is 0 Å². The van der Waals surface area contributed by atoms with E-state index in [2.05, 4.69) is 95.6 Å². The molecular formula is C20H25Li. The average molecular weight is 272 g/mol. The molecule has 0 heterocycles. The summed E-state index contributed by atoms with van der Waals surface area (Å²) < 4.78 is 0. The van der Waals surface area contributed by atoms with Gasteiger partial charge in [-0.1, -0.05) is 82.0 Å². The normalized spacial score (nSPS) is 11.7. The van der Waals surface area contributed by atoms with Gasteiger partial charge in [-0.05, 0) is 5.41 Å².